The second kappa shape index (κ2) is 6.57. The number of hydrogen-bond donors (Lipinski definition) is 1. The molecule has 2 fully saturated rings. The van der Waals surface area contributed by atoms with E-state index in [0.29, 0.717) is 15.8 Å². The molecule has 4 rings (SSSR count). The van der Waals surface area contributed by atoms with Gasteiger partial charge in [0.2, 0.25) is 0 Å². The molecule has 122 valence electrons. The topological polar surface area (TPSA) is 57.8 Å². The summed E-state index contributed by atoms with van der Waals surface area (Å²) in [5.41, 5.74) is 0.816. The van der Waals surface area contributed by atoms with E-state index in [4.69, 9.17) is 4.42 Å². The zero-order chi connectivity index (χ0) is 16.4. The molecule has 24 heavy (non-hydrogen) atoms. The lowest BCUT2D eigenvalue weighted by Gasteiger charge is -2.12. The molecule has 1 amide bonds. The first-order chi connectivity index (χ1) is 11.8. The van der Waals surface area contributed by atoms with Crippen LogP contribution >= 0.6 is 11.8 Å². The fourth-order valence-electron chi connectivity index (χ4n) is 2.76. The minimum atomic E-state index is -0.145. The summed E-state index contributed by atoms with van der Waals surface area (Å²) in [6.45, 7) is 2.07. The standard InChI is InChI=1S/C18H17N3O2S/c22-17-15(24-18(20-17)19-13-6-2-1-3-7-13)12-14-8-9-16(23-14)21-10-4-5-11-21/h1-3,6-9,12H,4-5,10-11H2,(H,19,20,22)/b15-12-. The number of furan rings is 1. The van der Waals surface area contributed by atoms with Crippen molar-refractivity contribution in [3.05, 3.63) is 53.1 Å². The lowest BCUT2D eigenvalue weighted by Crippen LogP contribution is -2.19. The highest BCUT2D eigenvalue weighted by Gasteiger charge is 2.24. The lowest BCUT2D eigenvalue weighted by atomic mass is 10.3. The molecule has 0 unspecified atom stereocenters. The number of carbonyl (C=O) groups excluding carboxylic acids is 1. The largest absolute Gasteiger partial charge is 0.441 e. The van der Waals surface area contributed by atoms with Gasteiger partial charge in [0.05, 0.1) is 10.6 Å². The number of anilines is 1. The van der Waals surface area contributed by atoms with Crippen molar-refractivity contribution in [1.82, 2.24) is 5.32 Å². The number of benzene rings is 1. The van der Waals surface area contributed by atoms with Crippen LogP contribution in [0.1, 0.15) is 18.6 Å². The molecule has 2 saturated heterocycles. The van der Waals surface area contributed by atoms with Gasteiger partial charge in [0.15, 0.2) is 11.1 Å². The summed E-state index contributed by atoms with van der Waals surface area (Å²) in [6, 6.07) is 13.4. The van der Waals surface area contributed by atoms with Crippen molar-refractivity contribution in [3.8, 4) is 0 Å². The van der Waals surface area contributed by atoms with Gasteiger partial charge in [-0.2, -0.15) is 0 Å². The highest BCUT2D eigenvalue weighted by atomic mass is 32.2. The zero-order valence-corrected chi connectivity index (χ0v) is 13.9. The van der Waals surface area contributed by atoms with Gasteiger partial charge in [-0.1, -0.05) is 18.2 Å². The van der Waals surface area contributed by atoms with Gasteiger partial charge in [-0.25, -0.2) is 4.99 Å². The molecule has 3 heterocycles. The monoisotopic (exact) mass is 339 g/mol. The normalized spacial score (nSPS) is 21.0. The number of amidine groups is 1. The van der Waals surface area contributed by atoms with Crippen molar-refractivity contribution < 1.29 is 9.21 Å². The minimum absolute atomic E-state index is 0.145. The molecule has 0 bridgehead atoms. The SMILES string of the molecule is O=C1NC(=Nc2ccccc2)S/C1=C\c1ccc(N2CCCC2)o1. The van der Waals surface area contributed by atoms with Gasteiger partial charge < -0.3 is 14.6 Å². The molecular weight excluding hydrogens is 322 g/mol. The van der Waals surface area contributed by atoms with Crippen molar-refractivity contribution >= 4 is 40.5 Å². The van der Waals surface area contributed by atoms with Crippen LogP contribution in [0.3, 0.4) is 0 Å². The van der Waals surface area contributed by atoms with Gasteiger partial charge in [-0.15, -0.1) is 0 Å². The second-order valence-corrected chi connectivity index (χ2v) is 6.72. The third-order valence-electron chi connectivity index (χ3n) is 3.94. The highest BCUT2D eigenvalue weighted by Crippen LogP contribution is 2.30. The summed E-state index contributed by atoms with van der Waals surface area (Å²) in [6.07, 6.45) is 4.18. The van der Waals surface area contributed by atoms with E-state index in [1.165, 1.54) is 24.6 Å². The first-order valence-electron chi connectivity index (χ1n) is 7.97. The molecule has 0 aliphatic carbocycles. The highest BCUT2D eigenvalue weighted by molar-refractivity contribution is 8.18. The van der Waals surface area contributed by atoms with Gasteiger partial charge in [-0.3, -0.25) is 4.79 Å². The van der Waals surface area contributed by atoms with Gasteiger partial charge in [0.25, 0.3) is 5.91 Å². The molecule has 1 aromatic heterocycles. The Morgan fingerprint density at radius 2 is 1.92 bits per heavy atom. The maximum atomic E-state index is 12.1. The quantitative estimate of drug-likeness (QED) is 0.865. The predicted octanol–water partition coefficient (Wildman–Crippen LogP) is 3.77. The third kappa shape index (κ3) is 3.23. The van der Waals surface area contributed by atoms with Crippen LogP contribution in [0, 0.1) is 0 Å². The smallest absolute Gasteiger partial charge is 0.264 e. The Hall–Kier alpha value is -2.47. The van der Waals surface area contributed by atoms with Crippen molar-refractivity contribution in [1.29, 1.82) is 0 Å². The molecule has 2 aliphatic heterocycles. The van der Waals surface area contributed by atoms with Crippen LogP contribution in [0.2, 0.25) is 0 Å². The van der Waals surface area contributed by atoms with E-state index in [9.17, 15) is 4.79 Å². The van der Waals surface area contributed by atoms with E-state index in [2.05, 4.69) is 15.2 Å². The molecule has 6 heteroatoms. The fraction of sp³-hybridized carbons (Fsp3) is 0.222. The molecule has 0 saturated carbocycles. The number of thioether (sulfide) groups is 1. The number of nitrogens with one attached hydrogen (secondary N) is 1. The van der Waals surface area contributed by atoms with Crippen molar-refractivity contribution in [2.75, 3.05) is 18.0 Å². The van der Waals surface area contributed by atoms with Crippen LogP contribution < -0.4 is 10.2 Å². The first kappa shape index (κ1) is 15.1. The number of hydrogen-bond acceptors (Lipinski definition) is 5. The van der Waals surface area contributed by atoms with Gasteiger partial charge in [0.1, 0.15) is 5.76 Å². The van der Waals surface area contributed by atoms with E-state index in [0.717, 1.165) is 24.7 Å². The van der Waals surface area contributed by atoms with Crippen LogP contribution in [0.15, 0.2) is 56.8 Å². The van der Waals surface area contributed by atoms with E-state index in [-0.39, 0.29) is 5.91 Å². The number of amides is 1. The van der Waals surface area contributed by atoms with Crippen LogP contribution in [0.4, 0.5) is 11.6 Å². The van der Waals surface area contributed by atoms with E-state index >= 15 is 0 Å². The molecule has 1 N–H and O–H groups in total. The third-order valence-corrected chi connectivity index (χ3v) is 4.85. The summed E-state index contributed by atoms with van der Waals surface area (Å²) in [7, 11) is 0. The maximum absolute atomic E-state index is 12.1. The van der Waals surface area contributed by atoms with Crippen LogP contribution in [0.5, 0.6) is 0 Å². The molecule has 1 aromatic carbocycles. The molecule has 0 spiro atoms. The van der Waals surface area contributed by atoms with Crippen LogP contribution in [-0.2, 0) is 4.79 Å². The maximum Gasteiger partial charge on any atom is 0.264 e. The minimum Gasteiger partial charge on any atom is -0.441 e. The molecule has 0 radical (unpaired) electrons. The number of carbonyl (C=O) groups is 1. The number of nitrogens with zero attached hydrogens (tertiary/aromatic N) is 2. The number of aliphatic imine (C=N–C) groups is 1. The van der Waals surface area contributed by atoms with Gasteiger partial charge in [0, 0.05) is 25.2 Å². The van der Waals surface area contributed by atoms with E-state index < -0.39 is 0 Å². The fourth-order valence-corrected chi connectivity index (χ4v) is 3.58. The molecule has 5 nitrogen and oxygen atoms in total. The summed E-state index contributed by atoms with van der Waals surface area (Å²) in [4.78, 5) is 19.4. The predicted molar refractivity (Wildman–Crippen MR) is 97.4 cm³/mol. The van der Waals surface area contributed by atoms with Crippen LogP contribution in [-0.4, -0.2) is 24.2 Å². The van der Waals surface area contributed by atoms with E-state index in [1.54, 1.807) is 6.08 Å². The zero-order valence-electron chi connectivity index (χ0n) is 13.1. The second-order valence-electron chi connectivity index (χ2n) is 5.69. The van der Waals surface area contributed by atoms with Gasteiger partial charge >= 0.3 is 0 Å². The Bertz CT molecular complexity index is 805. The van der Waals surface area contributed by atoms with E-state index in [1.807, 2.05) is 42.5 Å². The van der Waals surface area contributed by atoms with Gasteiger partial charge in [-0.05, 0) is 42.8 Å². The summed E-state index contributed by atoms with van der Waals surface area (Å²) in [5, 5.41) is 3.38. The molecule has 2 aliphatic rings. The van der Waals surface area contributed by atoms with Crippen molar-refractivity contribution in [2.45, 2.75) is 12.8 Å². The van der Waals surface area contributed by atoms with Crippen LogP contribution in [0.25, 0.3) is 6.08 Å². The summed E-state index contributed by atoms with van der Waals surface area (Å²) in [5.74, 6) is 1.42. The Morgan fingerprint density at radius 3 is 2.71 bits per heavy atom. The Kier molecular flexibility index (Phi) is 4.13. The Labute approximate surface area is 144 Å². The van der Waals surface area contributed by atoms with Crippen molar-refractivity contribution in [2.24, 2.45) is 4.99 Å². The molecular formula is C18H17N3O2S. The van der Waals surface area contributed by atoms with Crippen molar-refractivity contribution in [3.63, 3.8) is 0 Å². The average Bonchev–Trinajstić information content (AvgIpc) is 3.31. The molecule has 0 atom stereocenters. The number of rotatable bonds is 3. The summed E-state index contributed by atoms with van der Waals surface area (Å²) < 4.78 is 5.85. The Balaban J connectivity index is 1.51. The lowest BCUT2D eigenvalue weighted by molar-refractivity contribution is -0.115. The Morgan fingerprint density at radius 1 is 1.12 bits per heavy atom. The average molecular weight is 339 g/mol. The number of para-hydroxylation sites is 1. The molecule has 2 aromatic rings. The first-order valence-corrected chi connectivity index (χ1v) is 8.79. The summed E-state index contributed by atoms with van der Waals surface area (Å²) >= 11 is 1.33.